The Kier molecular flexibility index (Phi) is 6.03. The van der Waals surface area contributed by atoms with Crippen LogP contribution < -0.4 is 10.0 Å². The lowest BCUT2D eigenvalue weighted by molar-refractivity contribution is 0.530. The van der Waals surface area contributed by atoms with Gasteiger partial charge >= 0.3 is 0 Å². The normalized spacial score (nSPS) is 12.3. The summed E-state index contributed by atoms with van der Waals surface area (Å²) in [5.74, 6) is 0. The summed E-state index contributed by atoms with van der Waals surface area (Å²) >= 11 is 0. The minimum atomic E-state index is -3.41. The first-order chi connectivity index (χ1) is 8.94. The largest absolute Gasteiger partial charge is 0.352 e. The third-order valence-electron chi connectivity index (χ3n) is 3.26. The number of nitrogens with zero attached hydrogens (tertiary/aromatic N) is 1. The van der Waals surface area contributed by atoms with Crippen LogP contribution in [-0.4, -0.2) is 25.6 Å². The average Bonchev–Trinajstić information content (AvgIpc) is 2.75. The van der Waals surface area contributed by atoms with Gasteiger partial charge in [-0.15, -0.1) is 0 Å². The van der Waals surface area contributed by atoms with Crippen molar-refractivity contribution < 1.29 is 8.42 Å². The van der Waals surface area contributed by atoms with Crippen molar-refractivity contribution in [3.05, 3.63) is 18.0 Å². The molecule has 0 aliphatic carbocycles. The summed E-state index contributed by atoms with van der Waals surface area (Å²) in [7, 11) is -1.55. The molecule has 19 heavy (non-hydrogen) atoms. The molecule has 0 amide bonds. The van der Waals surface area contributed by atoms with Gasteiger partial charge in [-0.2, -0.15) is 0 Å². The summed E-state index contributed by atoms with van der Waals surface area (Å²) in [6.45, 7) is 7.53. The van der Waals surface area contributed by atoms with Gasteiger partial charge in [0.1, 0.15) is 0 Å². The zero-order chi connectivity index (χ0) is 14.5. The molecule has 0 spiro atoms. The van der Waals surface area contributed by atoms with Crippen LogP contribution in [0, 0.1) is 0 Å². The van der Waals surface area contributed by atoms with Crippen molar-refractivity contribution in [3.63, 3.8) is 0 Å². The lowest BCUT2D eigenvalue weighted by Crippen LogP contribution is -2.33. The van der Waals surface area contributed by atoms with Crippen molar-refractivity contribution in [1.82, 2.24) is 14.6 Å². The molecule has 1 aromatic heterocycles. The molecule has 0 aliphatic rings. The van der Waals surface area contributed by atoms with E-state index in [0.29, 0.717) is 11.4 Å². The number of rotatable bonds is 8. The molecule has 1 rings (SSSR count). The molecule has 2 N–H and O–H groups in total. The predicted octanol–water partition coefficient (Wildman–Crippen LogP) is 1.60. The Labute approximate surface area is 116 Å². The fraction of sp³-hybridized carbons (Fsp3) is 0.692. The fourth-order valence-corrected chi connectivity index (χ4v) is 3.39. The van der Waals surface area contributed by atoms with Crippen LogP contribution in [0.4, 0.5) is 0 Å². The number of aryl methyl sites for hydroxylation is 1. The monoisotopic (exact) mass is 287 g/mol. The molecule has 0 aromatic carbocycles. The minimum Gasteiger partial charge on any atom is -0.352 e. The Hall–Kier alpha value is -0.850. The topological polar surface area (TPSA) is 63.1 Å². The quantitative estimate of drug-likeness (QED) is 0.763. The summed E-state index contributed by atoms with van der Waals surface area (Å²) in [6, 6.07) is 1.73. The Bertz CT molecular complexity index is 490. The maximum atomic E-state index is 12.3. The predicted molar refractivity (Wildman–Crippen MR) is 77.5 cm³/mol. The molecule has 0 unspecified atom stereocenters. The van der Waals surface area contributed by atoms with E-state index in [1.165, 1.54) is 0 Å². The lowest BCUT2D eigenvalue weighted by atomic mass is 10.2. The van der Waals surface area contributed by atoms with Crippen LogP contribution in [0.2, 0.25) is 0 Å². The standard InChI is InChI=1S/C13H25N3O2S/c1-5-11(6-2)15-19(17,18)13-8-12(9-14-7-3)16(4)10-13/h8,10-11,14-15H,5-7,9H2,1-4H3. The molecule has 1 heterocycles. The van der Waals surface area contributed by atoms with E-state index in [0.717, 1.165) is 25.1 Å². The van der Waals surface area contributed by atoms with E-state index in [1.54, 1.807) is 12.3 Å². The van der Waals surface area contributed by atoms with E-state index in [4.69, 9.17) is 0 Å². The molecule has 0 aliphatic heterocycles. The Morgan fingerprint density at radius 1 is 1.26 bits per heavy atom. The number of hydrogen-bond donors (Lipinski definition) is 2. The van der Waals surface area contributed by atoms with Crippen LogP contribution in [0.25, 0.3) is 0 Å². The van der Waals surface area contributed by atoms with Gasteiger partial charge in [0.05, 0.1) is 4.90 Å². The summed E-state index contributed by atoms with van der Waals surface area (Å²) in [5, 5.41) is 3.20. The highest BCUT2D eigenvalue weighted by atomic mass is 32.2. The van der Waals surface area contributed by atoms with E-state index >= 15 is 0 Å². The second-order valence-electron chi connectivity index (χ2n) is 4.69. The van der Waals surface area contributed by atoms with Gasteiger partial charge in [0, 0.05) is 31.5 Å². The van der Waals surface area contributed by atoms with Gasteiger partial charge in [-0.1, -0.05) is 20.8 Å². The highest BCUT2D eigenvalue weighted by molar-refractivity contribution is 7.89. The van der Waals surface area contributed by atoms with E-state index in [-0.39, 0.29) is 6.04 Å². The third kappa shape index (κ3) is 4.33. The lowest BCUT2D eigenvalue weighted by Gasteiger charge is -2.13. The van der Waals surface area contributed by atoms with Crippen molar-refractivity contribution in [2.75, 3.05) is 6.54 Å². The summed E-state index contributed by atoms with van der Waals surface area (Å²) in [6.07, 6.45) is 3.26. The van der Waals surface area contributed by atoms with Crippen molar-refractivity contribution in [1.29, 1.82) is 0 Å². The Morgan fingerprint density at radius 2 is 1.89 bits per heavy atom. The maximum Gasteiger partial charge on any atom is 0.242 e. The van der Waals surface area contributed by atoms with Crippen LogP contribution in [0.15, 0.2) is 17.2 Å². The second kappa shape index (κ2) is 7.07. The third-order valence-corrected chi connectivity index (χ3v) is 4.74. The van der Waals surface area contributed by atoms with Crippen LogP contribution >= 0.6 is 0 Å². The molecule has 6 heteroatoms. The summed E-state index contributed by atoms with van der Waals surface area (Å²) < 4.78 is 29.1. The van der Waals surface area contributed by atoms with Crippen LogP contribution in [0.5, 0.6) is 0 Å². The molecule has 0 radical (unpaired) electrons. The fourth-order valence-electron chi connectivity index (χ4n) is 1.90. The molecule has 0 atom stereocenters. The summed E-state index contributed by atoms with van der Waals surface area (Å²) in [4.78, 5) is 0.342. The van der Waals surface area contributed by atoms with Gasteiger partial charge in [-0.3, -0.25) is 0 Å². The van der Waals surface area contributed by atoms with Gasteiger partial charge in [0.2, 0.25) is 10.0 Å². The number of sulfonamides is 1. The zero-order valence-electron chi connectivity index (χ0n) is 12.2. The first-order valence-corrected chi connectivity index (χ1v) is 8.31. The maximum absolute atomic E-state index is 12.3. The van der Waals surface area contributed by atoms with Crippen LogP contribution in [0.1, 0.15) is 39.3 Å². The van der Waals surface area contributed by atoms with Gasteiger partial charge in [0.15, 0.2) is 0 Å². The molecule has 1 aromatic rings. The Morgan fingerprint density at radius 3 is 2.42 bits per heavy atom. The van der Waals surface area contributed by atoms with Crippen LogP contribution in [0.3, 0.4) is 0 Å². The SMILES string of the molecule is CCNCc1cc(S(=O)(=O)NC(CC)CC)cn1C. The highest BCUT2D eigenvalue weighted by Gasteiger charge is 2.20. The van der Waals surface area contributed by atoms with Crippen molar-refractivity contribution in [2.24, 2.45) is 7.05 Å². The van der Waals surface area contributed by atoms with Gasteiger partial charge < -0.3 is 9.88 Å². The smallest absolute Gasteiger partial charge is 0.242 e. The highest BCUT2D eigenvalue weighted by Crippen LogP contribution is 2.14. The van der Waals surface area contributed by atoms with Crippen molar-refractivity contribution in [2.45, 2.75) is 51.1 Å². The first kappa shape index (κ1) is 16.2. The molecule has 0 fully saturated rings. The minimum absolute atomic E-state index is 0.00224. The van der Waals surface area contributed by atoms with Gasteiger partial charge in [-0.05, 0) is 25.5 Å². The molecule has 5 nitrogen and oxygen atoms in total. The van der Waals surface area contributed by atoms with Gasteiger partial charge in [-0.25, -0.2) is 13.1 Å². The number of hydrogen-bond acceptors (Lipinski definition) is 3. The first-order valence-electron chi connectivity index (χ1n) is 6.82. The summed E-state index contributed by atoms with van der Waals surface area (Å²) in [5.41, 5.74) is 0.965. The van der Waals surface area contributed by atoms with Crippen molar-refractivity contribution >= 4 is 10.0 Å². The Balaban J connectivity index is 2.89. The van der Waals surface area contributed by atoms with E-state index in [1.807, 2.05) is 32.4 Å². The van der Waals surface area contributed by atoms with Crippen LogP contribution in [-0.2, 0) is 23.6 Å². The molecular weight excluding hydrogens is 262 g/mol. The van der Waals surface area contributed by atoms with E-state index < -0.39 is 10.0 Å². The average molecular weight is 287 g/mol. The van der Waals surface area contributed by atoms with Gasteiger partial charge in [0.25, 0.3) is 0 Å². The van der Waals surface area contributed by atoms with E-state index in [9.17, 15) is 8.42 Å². The molecule has 0 saturated heterocycles. The molecule has 0 bridgehead atoms. The second-order valence-corrected chi connectivity index (χ2v) is 6.41. The number of aromatic nitrogens is 1. The van der Waals surface area contributed by atoms with E-state index in [2.05, 4.69) is 10.0 Å². The van der Waals surface area contributed by atoms with Crippen molar-refractivity contribution in [3.8, 4) is 0 Å². The zero-order valence-corrected chi connectivity index (χ0v) is 13.0. The molecule has 0 saturated carbocycles. The molecule has 110 valence electrons. The number of nitrogens with one attached hydrogen (secondary N) is 2. The molecular formula is C13H25N3O2S.